The van der Waals surface area contributed by atoms with Crippen molar-refractivity contribution in [2.75, 3.05) is 26.5 Å². The summed E-state index contributed by atoms with van der Waals surface area (Å²) in [6, 6.07) is 11.6. The van der Waals surface area contributed by atoms with Crippen molar-refractivity contribution < 1.29 is 23.4 Å². The van der Waals surface area contributed by atoms with E-state index in [4.69, 9.17) is 14.2 Å². The summed E-state index contributed by atoms with van der Waals surface area (Å²) < 4.78 is 29.1. The SMILES string of the molecule is O=C(COc1ccc(F)cc1)N1CC[C@@H](c2ccc3c(c2)OCO3)C1. The first-order valence-corrected chi connectivity index (χ1v) is 8.25. The predicted molar refractivity (Wildman–Crippen MR) is 88.4 cm³/mol. The summed E-state index contributed by atoms with van der Waals surface area (Å²) in [5, 5.41) is 0. The van der Waals surface area contributed by atoms with Crippen LogP contribution in [-0.4, -0.2) is 37.3 Å². The first-order chi connectivity index (χ1) is 12.2. The van der Waals surface area contributed by atoms with E-state index in [1.807, 2.05) is 18.2 Å². The van der Waals surface area contributed by atoms with Crippen LogP contribution in [0.25, 0.3) is 0 Å². The van der Waals surface area contributed by atoms with Gasteiger partial charge in [-0.25, -0.2) is 4.39 Å². The molecule has 1 amide bonds. The van der Waals surface area contributed by atoms with E-state index >= 15 is 0 Å². The third-order valence-electron chi connectivity index (χ3n) is 4.58. The Hall–Kier alpha value is -2.76. The molecule has 0 aromatic heterocycles. The third-order valence-corrected chi connectivity index (χ3v) is 4.58. The molecule has 2 aromatic carbocycles. The van der Waals surface area contributed by atoms with Crippen molar-refractivity contribution >= 4 is 5.91 Å². The van der Waals surface area contributed by atoms with Gasteiger partial charge in [0.15, 0.2) is 18.1 Å². The molecule has 0 radical (unpaired) electrons. The van der Waals surface area contributed by atoms with Crippen LogP contribution in [0.4, 0.5) is 4.39 Å². The molecular weight excluding hydrogens is 325 g/mol. The van der Waals surface area contributed by atoms with Gasteiger partial charge in [0, 0.05) is 19.0 Å². The number of carbonyl (C=O) groups excluding carboxylic acids is 1. The number of nitrogens with zero attached hydrogens (tertiary/aromatic N) is 1. The van der Waals surface area contributed by atoms with E-state index in [2.05, 4.69) is 0 Å². The monoisotopic (exact) mass is 343 g/mol. The van der Waals surface area contributed by atoms with Gasteiger partial charge in [0.25, 0.3) is 5.91 Å². The highest BCUT2D eigenvalue weighted by Gasteiger charge is 2.28. The van der Waals surface area contributed by atoms with Crippen LogP contribution in [-0.2, 0) is 4.79 Å². The smallest absolute Gasteiger partial charge is 0.260 e. The molecule has 6 heteroatoms. The summed E-state index contributed by atoms with van der Waals surface area (Å²) in [7, 11) is 0. The zero-order valence-electron chi connectivity index (χ0n) is 13.6. The second-order valence-corrected chi connectivity index (χ2v) is 6.18. The van der Waals surface area contributed by atoms with Gasteiger partial charge in [0.2, 0.25) is 6.79 Å². The molecule has 130 valence electrons. The van der Waals surface area contributed by atoms with Crippen molar-refractivity contribution in [3.63, 3.8) is 0 Å². The predicted octanol–water partition coefficient (Wildman–Crippen LogP) is 2.95. The molecule has 4 rings (SSSR count). The quantitative estimate of drug-likeness (QED) is 0.856. The van der Waals surface area contributed by atoms with Gasteiger partial charge in [0.05, 0.1) is 0 Å². The highest BCUT2D eigenvalue weighted by atomic mass is 19.1. The lowest BCUT2D eigenvalue weighted by atomic mass is 9.98. The number of amides is 1. The van der Waals surface area contributed by atoms with E-state index in [1.165, 1.54) is 24.3 Å². The zero-order chi connectivity index (χ0) is 17.2. The second-order valence-electron chi connectivity index (χ2n) is 6.18. The normalized spacial score (nSPS) is 18.4. The Balaban J connectivity index is 1.34. The van der Waals surface area contributed by atoms with Crippen LogP contribution < -0.4 is 14.2 Å². The molecule has 2 aliphatic rings. The Morgan fingerprint density at radius 2 is 1.96 bits per heavy atom. The lowest BCUT2D eigenvalue weighted by molar-refractivity contribution is -0.132. The fraction of sp³-hybridized carbons (Fsp3) is 0.316. The number of rotatable bonds is 4. The molecule has 2 aromatic rings. The van der Waals surface area contributed by atoms with Crippen LogP contribution in [0.5, 0.6) is 17.2 Å². The molecule has 0 unspecified atom stereocenters. The fourth-order valence-corrected chi connectivity index (χ4v) is 3.19. The van der Waals surface area contributed by atoms with Gasteiger partial charge in [-0.2, -0.15) is 0 Å². The first-order valence-electron chi connectivity index (χ1n) is 8.25. The van der Waals surface area contributed by atoms with Crippen molar-refractivity contribution in [1.82, 2.24) is 4.90 Å². The molecule has 2 heterocycles. The number of ether oxygens (including phenoxy) is 3. The van der Waals surface area contributed by atoms with E-state index in [9.17, 15) is 9.18 Å². The molecule has 0 N–H and O–H groups in total. The standard InChI is InChI=1S/C19H18FNO4/c20-15-2-4-16(5-3-15)23-11-19(22)21-8-7-14(10-21)13-1-6-17-18(9-13)25-12-24-17/h1-6,9,14H,7-8,10-12H2/t14-/m1/s1. The van der Waals surface area contributed by atoms with E-state index in [1.54, 1.807) is 4.90 Å². The second kappa shape index (κ2) is 6.63. The Kier molecular flexibility index (Phi) is 4.17. The minimum Gasteiger partial charge on any atom is -0.484 e. The summed E-state index contributed by atoms with van der Waals surface area (Å²) in [4.78, 5) is 14.1. The molecule has 5 nitrogen and oxygen atoms in total. The number of hydrogen-bond acceptors (Lipinski definition) is 4. The molecule has 1 saturated heterocycles. The Labute approximate surface area is 144 Å². The van der Waals surface area contributed by atoms with E-state index < -0.39 is 0 Å². The van der Waals surface area contributed by atoms with Gasteiger partial charge in [-0.15, -0.1) is 0 Å². The summed E-state index contributed by atoms with van der Waals surface area (Å²) in [5.74, 6) is 1.91. The molecule has 25 heavy (non-hydrogen) atoms. The maximum atomic E-state index is 12.9. The van der Waals surface area contributed by atoms with Crippen molar-refractivity contribution in [3.05, 3.63) is 53.8 Å². The van der Waals surface area contributed by atoms with Crippen LogP contribution in [0.15, 0.2) is 42.5 Å². The van der Waals surface area contributed by atoms with Gasteiger partial charge >= 0.3 is 0 Å². The van der Waals surface area contributed by atoms with Crippen LogP contribution in [0.2, 0.25) is 0 Å². The van der Waals surface area contributed by atoms with Crippen LogP contribution in [0.3, 0.4) is 0 Å². The molecule has 0 saturated carbocycles. The van der Waals surface area contributed by atoms with Gasteiger partial charge < -0.3 is 19.1 Å². The maximum absolute atomic E-state index is 12.9. The zero-order valence-corrected chi connectivity index (χ0v) is 13.6. The summed E-state index contributed by atoms with van der Waals surface area (Å²) >= 11 is 0. The number of halogens is 1. The molecule has 1 atom stereocenters. The Morgan fingerprint density at radius 3 is 2.80 bits per heavy atom. The van der Waals surface area contributed by atoms with Gasteiger partial charge in [-0.3, -0.25) is 4.79 Å². The van der Waals surface area contributed by atoms with E-state index in [0.717, 1.165) is 23.5 Å². The highest BCUT2D eigenvalue weighted by Crippen LogP contribution is 2.37. The molecule has 2 aliphatic heterocycles. The largest absolute Gasteiger partial charge is 0.484 e. The minimum absolute atomic E-state index is 0.0422. The number of fused-ring (bicyclic) bond motifs is 1. The Bertz CT molecular complexity index is 777. The van der Waals surface area contributed by atoms with Gasteiger partial charge in [-0.1, -0.05) is 6.07 Å². The molecule has 0 aliphatic carbocycles. The summed E-state index contributed by atoms with van der Waals surface area (Å²) in [5.41, 5.74) is 1.15. The third kappa shape index (κ3) is 3.38. The molecule has 0 bridgehead atoms. The number of carbonyl (C=O) groups is 1. The van der Waals surface area contributed by atoms with Gasteiger partial charge in [-0.05, 0) is 48.4 Å². The number of likely N-dealkylation sites (tertiary alicyclic amines) is 1. The van der Waals surface area contributed by atoms with Crippen molar-refractivity contribution in [2.24, 2.45) is 0 Å². The van der Waals surface area contributed by atoms with Crippen molar-refractivity contribution in [3.8, 4) is 17.2 Å². The fourth-order valence-electron chi connectivity index (χ4n) is 3.19. The molecular formula is C19H18FNO4. The summed E-state index contributed by atoms with van der Waals surface area (Å²) in [6.07, 6.45) is 0.905. The van der Waals surface area contributed by atoms with Crippen LogP contribution >= 0.6 is 0 Å². The van der Waals surface area contributed by atoms with Crippen molar-refractivity contribution in [1.29, 1.82) is 0 Å². The minimum atomic E-state index is -0.329. The maximum Gasteiger partial charge on any atom is 0.260 e. The van der Waals surface area contributed by atoms with Crippen LogP contribution in [0.1, 0.15) is 17.9 Å². The topological polar surface area (TPSA) is 48.0 Å². The van der Waals surface area contributed by atoms with Crippen molar-refractivity contribution in [2.45, 2.75) is 12.3 Å². The van der Waals surface area contributed by atoms with E-state index in [-0.39, 0.29) is 31.0 Å². The molecule has 0 spiro atoms. The summed E-state index contributed by atoms with van der Waals surface area (Å²) in [6.45, 7) is 1.57. The number of hydrogen-bond donors (Lipinski definition) is 0. The van der Waals surface area contributed by atoms with E-state index in [0.29, 0.717) is 18.8 Å². The highest BCUT2D eigenvalue weighted by molar-refractivity contribution is 5.78. The molecule has 1 fully saturated rings. The average molecular weight is 343 g/mol. The average Bonchev–Trinajstić information content (AvgIpc) is 3.29. The van der Waals surface area contributed by atoms with Gasteiger partial charge in [0.1, 0.15) is 11.6 Å². The lowest BCUT2D eigenvalue weighted by Crippen LogP contribution is -2.32. The lowest BCUT2D eigenvalue weighted by Gasteiger charge is -2.17. The Morgan fingerprint density at radius 1 is 1.16 bits per heavy atom. The number of benzene rings is 2. The first kappa shape index (κ1) is 15.7. The van der Waals surface area contributed by atoms with Crippen LogP contribution in [0, 0.1) is 5.82 Å².